The monoisotopic (exact) mass is 196 g/mol. The molecule has 2 rings (SSSR count). The molecule has 0 aromatic heterocycles. The van der Waals surface area contributed by atoms with Gasteiger partial charge in [-0.15, -0.1) is 0 Å². The van der Waals surface area contributed by atoms with E-state index >= 15 is 0 Å². The lowest BCUT2D eigenvalue weighted by molar-refractivity contribution is 0.273. The summed E-state index contributed by atoms with van der Waals surface area (Å²) >= 11 is 0. The van der Waals surface area contributed by atoms with Gasteiger partial charge in [-0.3, -0.25) is 0 Å². The molecule has 2 aliphatic rings. The minimum atomic E-state index is -1.31. The predicted molar refractivity (Wildman–Crippen MR) is 58.1 cm³/mol. The fourth-order valence-corrected chi connectivity index (χ4v) is 3.34. The van der Waals surface area contributed by atoms with Gasteiger partial charge in [0.25, 0.3) is 0 Å². The Morgan fingerprint density at radius 3 is 2.15 bits per heavy atom. The molecule has 1 saturated carbocycles. The highest BCUT2D eigenvalue weighted by atomic mass is 28.4. The van der Waals surface area contributed by atoms with Crippen molar-refractivity contribution in [3.05, 3.63) is 11.6 Å². The Morgan fingerprint density at radius 1 is 1.23 bits per heavy atom. The van der Waals surface area contributed by atoms with Crippen LogP contribution >= 0.6 is 0 Å². The smallest absolute Gasteiger partial charge is 0.184 e. The van der Waals surface area contributed by atoms with Gasteiger partial charge in [0.15, 0.2) is 8.32 Å². The van der Waals surface area contributed by atoms with Crippen molar-refractivity contribution >= 4 is 8.32 Å². The molecule has 0 heterocycles. The second-order valence-electron chi connectivity index (χ2n) is 5.54. The van der Waals surface area contributed by atoms with Crippen molar-refractivity contribution in [1.29, 1.82) is 0 Å². The summed E-state index contributed by atoms with van der Waals surface area (Å²) in [5.74, 6) is 2.34. The van der Waals surface area contributed by atoms with Crippen molar-refractivity contribution in [2.45, 2.75) is 39.6 Å². The van der Waals surface area contributed by atoms with Gasteiger partial charge in [0.1, 0.15) is 0 Å². The summed E-state index contributed by atoms with van der Waals surface area (Å²) in [5, 5.41) is 0. The van der Waals surface area contributed by atoms with Crippen LogP contribution in [0.5, 0.6) is 0 Å². The largest absolute Gasteiger partial charge is 0.414 e. The first-order valence-corrected chi connectivity index (χ1v) is 8.70. The molecule has 74 valence electrons. The van der Waals surface area contributed by atoms with Crippen LogP contribution in [0.2, 0.25) is 19.6 Å². The second-order valence-corrected chi connectivity index (χ2v) is 10.00. The standard InChI is InChI=1S/C11H20OSi/c1-7-6-9(7)10-8(2)11(10)12-13(3,4)5/h6-8,10-11H,1-5H3/t7-,8?,10?,11?/m1/s1. The van der Waals surface area contributed by atoms with Gasteiger partial charge in [-0.25, -0.2) is 0 Å². The summed E-state index contributed by atoms with van der Waals surface area (Å²) in [5.41, 5.74) is 1.66. The van der Waals surface area contributed by atoms with E-state index in [0.717, 1.165) is 17.8 Å². The first-order valence-electron chi connectivity index (χ1n) is 5.29. The molecule has 0 saturated heterocycles. The minimum Gasteiger partial charge on any atom is -0.414 e. The summed E-state index contributed by atoms with van der Waals surface area (Å²) in [7, 11) is -1.31. The SMILES string of the molecule is CC1C(O[Si](C)(C)C)C1C1=C[C@H]1C. The van der Waals surface area contributed by atoms with Gasteiger partial charge in [0.2, 0.25) is 0 Å². The Hall–Kier alpha value is -0.0831. The summed E-state index contributed by atoms with van der Waals surface area (Å²) in [6, 6.07) is 0. The summed E-state index contributed by atoms with van der Waals surface area (Å²) < 4.78 is 6.12. The first kappa shape index (κ1) is 9.47. The van der Waals surface area contributed by atoms with Crippen molar-refractivity contribution in [2.24, 2.45) is 17.8 Å². The van der Waals surface area contributed by atoms with Gasteiger partial charge in [-0.1, -0.05) is 25.5 Å². The van der Waals surface area contributed by atoms with Crippen LogP contribution in [0.3, 0.4) is 0 Å². The molecule has 1 fully saturated rings. The molecule has 13 heavy (non-hydrogen) atoms. The molecule has 0 N–H and O–H groups in total. The number of hydrogen-bond donors (Lipinski definition) is 0. The first-order chi connectivity index (χ1) is 5.90. The zero-order valence-electron chi connectivity index (χ0n) is 9.29. The third kappa shape index (κ3) is 1.89. The van der Waals surface area contributed by atoms with E-state index in [-0.39, 0.29) is 0 Å². The van der Waals surface area contributed by atoms with Crippen LogP contribution in [-0.2, 0) is 4.43 Å². The number of allylic oxidation sites excluding steroid dienone is 1. The summed E-state index contributed by atoms with van der Waals surface area (Å²) in [6.45, 7) is 11.4. The molecule has 4 atom stereocenters. The molecular weight excluding hydrogens is 176 g/mol. The minimum absolute atomic E-state index is 0.558. The molecule has 2 aliphatic carbocycles. The normalized spacial score (nSPS) is 43.0. The Balaban J connectivity index is 1.88. The fourth-order valence-electron chi connectivity index (χ4n) is 2.16. The average Bonchev–Trinajstić information content (AvgIpc) is 2.75. The lowest BCUT2D eigenvalue weighted by atomic mass is 10.2. The van der Waals surface area contributed by atoms with E-state index < -0.39 is 8.32 Å². The van der Waals surface area contributed by atoms with Crippen molar-refractivity contribution in [1.82, 2.24) is 0 Å². The van der Waals surface area contributed by atoms with Crippen LogP contribution in [0.4, 0.5) is 0 Å². The maximum absolute atomic E-state index is 6.12. The molecule has 0 spiro atoms. The number of rotatable bonds is 3. The van der Waals surface area contributed by atoms with E-state index in [2.05, 4.69) is 39.6 Å². The van der Waals surface area contributed by atoms with Crippen LogP contribution in [0.15, 0.2) is 11.6 Å². The van der Waals surface area contributed by atoms with Gasteiger partial charge < -0.3 is 4.43 Å². The molecule has 0 radical (unpaired) electrons. The highest BCUT2D eigenvalue weighted by molar-refractivity contribution is 6.69. The highest BCUT2D eigenvalue weighted by Gasteiger charge is 2.54. The average molecular weight is 196 g/mol. The summed E-state index contributed by atoms with van der Waals surface area (Å²) in [6.07, 6.45) is 2.94. The molecular formula is C11H20OSi. The molecule has 0 bridgehead atoms. The van der Waals surface area contributed by atoms with Crippen molar-refractivity contribution in [2.75, 3.05) is 0 Å². The molecule has 0 aliphatic heterocycles. The van der Waals surface area contributed by atoms with E-state index in [9.17, 15) is 0 Å². The van der Waals surface area contributed by atoms with Crippen LogP contribution in [0.1, 0.15) is 13.8 Å². The topological polar surface area (TPSA) is 9.23 Å². The quantitative estimate of drug-likeness (QED) is 0.498. The molecule has 0 aromatic carbocycles. The van der Waals surface area contributed by atoms with Crippen LogP contribution in [0.25, 0.3) is 0 Å². The molecule has 2 heteroatoms. The molecule has 0 aromatic rings. The summed E-state index contributed by atoms with van der Waals surface area (Å²) in [4.78, 5) is 0. The van der Waals surface area contributed by atoms with E-state index in [1.165, 1.54) is 0 Å². The maximum Gasteiger partial charge on any atom is 0.184 e. The van der Waals surface area contributed by atoms with Crippen molar-refractivity contribution in [3.8, 4) is 0 Å². The lowest BCUT2D eigenvalue weighted by Gasteiger charge is -2.17. The van der Waals surface area contributed by atoms with Gasteiger partial charge in [0.05, 0.1) is 6.10 Å². The molecule has 3 unspecified atom stereocenters. The van der Waals surface area contributed by atoms with Crippen LogP contribution < -0.4 is 0 Å². The molecule has 1 nitrogen and oxygen atoms in total. The second kappa shape index (κ2) is 2.70. The van der Waals surface area contributed by atoms with Gasteiger partial charge in [-0.2, -0.15) is 0 Å². The zero-order valence-corrected chi connectivity index (χ0v) is 10.3. The van der Waals surface area contributed by atoms with Crippen LogP contribution in [0, 0.1) is 17.8 Å². The van der Waals surface area contributed by atoms with E-state index in [4.69, 9.17) is 4.43 Å². The van der Waals surface area contributed by atoms with Gasteiger partial charge >= 0.3 is 0 Å². The Morgan fingerprint density at radius 2 is 1.77 bits per heavy atom. The maximum atomic E-state index is 6.12. The van der Waals surface area contributed by atoms with Crippen LogP contribution in [-0.4, -0.2) is 14.4 Å². The zero-order chi connectivity index (χ0) is 9.80. The van der Waals surface area contributed by atoms with Gasteiger partial charge in [-0.05, 0) is 31.5 Å². The third-order valence-corrected chi connectivity index (χ3v) is 4.01. The molecule has 0 amide bonds. The Kier molecular flexibility index (Phi) is 1.97. The third-order valence-electron chi connectivity index (χ3n) is 3.03. The highest BCUT2D eigenvalue weighted by Crippen LogP contribution is 2.54. The van der Waals surface area contributed by atoms with E-state index in [1.807, 2.05) is 0 Å². The fraction of sp³-hybridized carbons (Fsp3) is 0.818. The van der Waals surface area contributed by atoms with Crippen molar-refractivity contribution < 1.29 is 4.43 Å². The van der Waals surface area contributed by atoms with E-state index in [1.54, 1.807) is 5.57 Å². The predicted octanol–water partition coefficient (Wildman–Crippen LogP) is 3.05. The Labute approximate surface area is 82.3 Å². The van der Waals surface area contributed by atoms with Gasteiger partial charge in [0, 0.05) is 5.92 Å². The van der Waals surface area contributed by atoms with E-state index in [0.29, 0.717) is 6.10 Å². The van der Waals surface area contributed by atoms with Crippen molar-refractivity contribution in [3.63, 3.8) is 0 Å². The number of hydrogen-bond acceptors (Lipinski definition) is 1. The lowest BCUT2D eigenvalue weighted by Crippen LogP contribution is -2.27. The Bertz CT molecular complexity index is 251.